The van der Waals surface area contributed by atoms with Crippen molar-refractivity contribution < 1.29 is 23.9 Å². The maximum Gasteiger partial charge on any atom is 0.343 e. The van der Waals surface area contributed by atoms with Gasteiger partial charge in [0, 0.05) is 12.3 Å². The minimum absolute atomic E-state index is 0.0975. The number of hydrogen-bond donors (Lipinski definition) is 1. The Bertz CT molecular complexity index is 613. The van der Waals surface area contributed by atoms with Crippen molar-refractivity contribution in [2.24, 2.45) is 5.92 Å². The zero-order chi connectivity index (χ0) is 17.9. The summed E-state index contributed by atoms with van der Waals surface area (Å²) in [6, 6.07) is 9.18. The molecule has 0 bridgehead atoms. The molecule has 25 heavy (non-hydrogen) atoms. The minimum atomic E-state index is -1.57. The molecule has 0 aromatic heterocycles. The normalized spacial score (nSPS) is 29.3. The van der Waals surface area contributed by atoms with Crippen LogP contribution in [0.15, 0.2) is 30.3 Å². The molecule has 0 radical (unpaired) electrons. The Morgan fingerprint density at radius 3 is 2.60 bits per heavy atom. The van der Waals surface area contributed by atoms with Crippen molar-refractivity contribution in [3.8, 4) is 0 Å². The van der Waals surface area contributed by atoms with E-state index in [9.17, 15) is 14.7 Å². The molecule has 0 spiro atoms. The fourth-order valence-corrected chi connectivity index (χ4v) is 4.37. The molecule has 3 rings (SSSR count). The number of quaternary nitrogens is 1. The lowest BCUT2D eigenvalue weighted by Crippen LogP contribution is -2.47. The number of aldehydes is 1. The summed E-state index contributed by atoms with van der Waals surface area (Å²) in [5.41, 5.74) is -0.955. The monoisotopic (exact) mass is 346 g/mol. The van der Waals surface area contributed by atoms with Gasteiger partial charge in [-0.2, -0.15) is 0 Å². The second-order valence-corrected chi connectivity index (χ2v) is 7.80. The topological polar surface area (TPSA) is 63.6 Å². The van der Waals surface area contributed by atoms with Gasteiger partial charge in [0.2, 0.25) is 0 Å². The first kappa shape index (κ1) is 18.1. The number of carbonyl (C=O) groups excluding carboxylic acids is 2. The predicted octanol–water partition coefficient (Wildman–Crippen LogP) is 2.03. The van der Waals surface area contributed by atoms with Crippen LogP contribution >= 0.6 is 0 Å². The quantitative estimate of drug-likeness (QED) is 0.486. The van der Waals surface area contributed by atoms with Crippen LogP contribution in [0.25, 0.3) is 0 Å². The molecular weight excluding hydrogens is 318 g/mol. The molecular formula is C20H28NO4+. The summed E-state index contributed by atoms with van der Waals surface area (Å²) in [5, 5.41) is 11.4. The number of ether oxygens (including phenoxy) is 1. The van der Waals surface area contributed by atoms with E-state index in [0.717, 1.165) is 44.9 Å². The highest BCUT2D eigenvalue weighted by molar-refractivity contribution is 5.81. The van der Waals surface area contributed by atoms with Crippen molar-refractivity contribution in [3.63, 3.8) is 0 Å². The molecule has 0 amide bonds. The Balaban J connectivity index is 1.78. The molecule has 1 heterocycles. The summed E-state index contributed by atoms with van der Waals surface area (Å²) in [5.74, 6) is -0.630. The second-order valence-electron chi connectivity index (χ2n) is 7.80. The molecule has 136 valence electrons. The van der Waals surface area contributed by atoms with Gasteiger partial charge >= 0.3 is 5.97 Å². The maximum absolute atomic E-state index is 13.0. The van der Waals surface area contributed by atoms with E-state index in [0.29, 0.717) is 23.1 Å². The third-order valence-corrected chi connectivity index (χ3v) is 5.90. The van der Waals surface area contributed by atoms with E-state index >= 15 is 0 Å². The van der Waals surface area contributed by atoms with Crippen molar-refractivity contribution in [2.75, 3.05) is 26.7 Å². The number of hydrogen-bond acceptors (Lipinski definition) is 4. The molecule has 1 N–H and O–H groups in total. The summed E-state index contributed by atoms with van der Waals surface area (Å²) >= 11 is 0. The maximum atomic E-state index is 13.0. The number of nitrogens with zero attached hydrogens (tertiary/aromatic N) is 1. The second kappa shape index (κ2) is 7.26. The van der Waals surface area contributed by atoms with Gasteiger partial charge in [-0.1, -0.05) is 43.2 Å². The van der Waals surface area contributed by atoms with Gasteiger partial charge < -0.3 is 14.3 Å². The number of rotatable bonds is 6. The van der Waals surface area contributed by atoms with Crippen molar-refractivity contribution in [3.05, 3.63) is 35.9 Å². The molecule has 5 nitrogen and oxygen atoms in total. The number of aliphatic hydroxyl groups is 1. The molecule has 1 aromatic carbocycles. The van der Waals surface area contributed by atoms with E-state index in [1.807, 2.05) is 25.2 Å². The molecule has 1 aliphatic carbocycles. The van der Waals surface area contributed by atoms with Crippen LogP contribution in [-0.4, -0.2) is 54.6 Å². The number of likely N-dealkylation sites (tertiary alicyclic amines) is 1. The van der Waals surface area contributed by atoms with Crippen molar-refractivity contribution in [2.45, 2.75) is 43.8 Å². The molecule has 3 atom stereocenters. The molecule has 1 saturated carbocycles. The Kier molecular flexibility index (Phi) is 5.25. The highest BCUT2D eigenvalue weighted by Gasteiger charge is 2.49. The molecule has 2 aliphatic rings. The van der Waals surface area contributed by atoms with Gasteiger partial charge in [-0.25, -0.2) is 4.79 Å². The predicted molar refractivity (Wildman–Crippen MR) is 93.6 cm³/mol. The summed E-state index contributed by atoms with van der Waals surface area (Å²) in [6.45, 7) is 1.86. The van der Waals surface area contributed by atoms with Gasteiger partial charge in [0.1, 0.15) is 13.1 Å². The molecule has 5 heteroatoms. The zero-order valence-corrected chi connectivity index (χ0v) is 14.9. The van der Waals surface area contributed by atoms with Crippen molar-refractivity contribution in [1.82, 2.24) is 0 Å². The third-order valence-electron chi connectivity index (χ3n) is 5.90. The minimum Gasteiger partial charge on any atom is -0.454 e. The van der Waals surface area contributed by atoms with E-state index in [1.54, 1.807) is 12.1 Å². The Hall–Kier alpha value is -1.72. The fraction of sp³-hybridized carbons (Fsp3) is 0.600. The Morgan fingerprint density at radius 1 is 1.28 bits per heavy atom. The Labute approximate surface area is 149 Å². The zero-order valence-electron chi connectivity index (χ0n) is 14.9. The summed E-state index contributed by atoms with van der Waals surface area (Å²) < 4.78 is 6.36. The van der Waals surface area contributed by atoms with Crippen molar-refractivity contribution in [1.29, 1.82) is 0 Å². The third kappa shape index (κ3) is 3.62. The first-order valence-electron chi connectivity index (χ1n) is 9.24. The highest BCUT2D eigenvalue weighted by Crippen LogP contribution is 2.42. The SMILES string of the molecule is C[N@@+]1(CC=O)CC[C@@H](OC(=O)C(O)(c2ccccc2)C2CCCC2)C1. The Morgan fingerprint density at radius 2 is 1.96 bits per heavy atom. The average molecular weight is 346 g/mol. The number of esters is 1. The molecule has 1 aliphatic heterocycles. The fourth-order valence-electron chi connectivity index (χ4n) is 4.37. The first-order chi connectivity index (χ1) is 12.0. The number of likely N-dealkylation sites (N-methyl/N-ethyl adjacent to an activating group) is 1. The lowest BCUT2D eigenvalue weighted by molar-refractivity contribution is -0.890. The molecule has 2 fully saturated rings. The summed E-state index contributed by atoms with van der Waals surface area (Å²) in [4.78, 5) is 23.9. The lowest BCUT2D eigenvalue weighted by atomic mass is 9.80. The van der Waals surface area contributed by atoms with E-state index in [-0.39, 0.29) is 12.0 Å². The lowest BCUT2D eigenvalue weighted by Gasteiger charge is -2.33. The highest BCUT2D eigenvalue weighted by atomic mass is 16.6. The van der Waals surface area contributed by atoms with Crippen LogP contribution in [0.3, 0.4) is 0 Å². The molecule has 1 saturated heterocycles. The number of carbonyl (C=O) groups is 2. The van der Waals surface area contributed by atoms with Gasteiger partial charge in [0.25, 0.3) is 0 Å². The smallest absolute Gasteiger partial charge is 0.343 e. The van der Waals surface area contributed by atoms with E-state index in [2.05, 4.69) is 0 Å². The van der Waals surface area contributed by atoms with Gasteiger partial charge in [-0.15, -0.1) is 0 Å². The largest absolute Gasteiger partial charge is 0.454 e. The summed E-state index contributed by atoms with van der Waals surface area (Å²) in [6.07, 6.45) is 5.15. The van der Waals surface area contributed by atoms with Crippen molar-refractivity contribution >= 4 is 12.3 Å². The van der Waals surface area contributed by atoms with E-state index in [1.165, 1.54) is 0 Å². The van der Waals surface area contributed by atoms with Gasteiger partial charge in [0.15, 0.2) is 18.0 Å². The van der Waals surface area contributed by atoms with Gasteiger partial charge in [-0.3, -0.25) is 4.79 Å². The molecule has 1 unspecified atom stereocenters. The average Bonchev–Trinajstić information content (AvgIpc) is 3.26. The van der Waals surface area contributed by atoms with Crippen LogP contribution in [0.4, 0.5) is 0 Å². The van der Waals surface area contributed by atoms with E-state index in [4.69, 9.17) is 4.74 Å². The van der Waals surface area contributed by atoms with E-state index < -0.39 is 11.6 Å². The molecule has 1 aromatic rings. The standard InChI is InChI=1S/C20H28NO4/c1-21(13-14-22)12-11-18(15-21)25-19(23)20(24,17-9-5-6-10-17)16-7-3-2-4-8-16/h2-4,7-8,14,17-18,24H,5-6,9-13,15H2,1H3/q+1/t18-,20?,21+/m1/s1. The first-order valence-corrected chi connectivity index (χ1v) is 9.24. The van der Waals surface area contributed by atoms with Crippen LogP contribution in [0.2, 0.25) is 0 Å². The number of benzene rings is 1. The van der Waals surface area contributed by atoms with Crippen LogP contribution in [-0.2, 0) is 19.9 Å². The van der Waals surface area contributed by atoms with Crippen LogP contribution < -0.4 is 0 Å². The van der Waals surface area contributed by atoms with Gasteiger partial charge in [-0.05, 0) is 18.4 Å². The van der Waals surface area contributed by atoms with Gasteiger partial charge in [0.05, 0.1) is 13.6 Å². The van der Waals surface area contributed by atoms with Crippen LogP contribution in [0, 0.1) is 5.92 Å². The van der Waals surface area contributed by atoms with Crippen LogP contribution in [0.1, 0.15) is 37.7 Å². The summed E-state index contributed by atoms with van der Waals surface area (Å²) in [7, 11) is 2.00. The van der Waals surface area contributed by atoms with Crippen LogP contribution in [0.5, 0.6) is 0 Å².